The third kappa shape index (κ3) is 3.06. The molecule has 0 radical (unpaired) electrons. The topological polar surface area (TPSA) is 116 Å². The lowest BCUT2D eigenvalue weighted by molar-refractivity contribution is -0.0493. The Hall–Kier alpha value is -2.38. The quantitative estimate of drug-likeness (QED) is 0.267. The van der Waals surface area contributed by atoms with Crippen LogP contribution in [0, 0.1) is 0 Å². The van der Waals surface area contributed by atoms with Gasteiger partial charge >= 0.3 is 0 Å². The molecule has 5 N–H and O–H groups in total. The lowest BCUT2D eigenvalue weighted by Crippen LogP contribution is -2.28. The van der Waals surface area contributed by atoms with E-state index in [2.05, 4.69) is 6.58 Å². The van der Waals surface area contributed by atoms with E-state index in [9.17, 15) is 14.8 Å². The summed E-state index contributed by atoms with van der Waals surface area (Å²) < 4.78 is 0. The molecular formula is C11H13N3O4. The fraction of sp³-hybridized carbons (Fsp3) is 0.0909. The Balaban J connectivity index is 3.09. The lowest BCUT2D eigenvalue weighted by Gasteiger charge is -2.13. The van der Waals surface area contributed by atoms with Crippen molar-refractivity contribution in [1.82, 2.24) is 10.5 Å². The molecule has 18 heavy (non-hydrogen) atoms. The van der Waals surface area contributed by atoms with Crippen molar-refractivity contribution in [3.8, 4) is 0 Å². The van der Waals surface area contributed by atoms with Gasteiger partial charge in [0.25, 0.3) is 11.8 Å². The summed E-state index contributed by atoms with van der Waals surface area (Å²) in [7, 11) is 0. The second-order valence-corrected chi connectivity index (χ2v) is 3.46. The fourth-order valence-electron chi connectivity index (χ4n) is 1.32. The number of carbonyl (C=O) groups is 2. The number of anilines is 1. The average Bonchev–Trinajstić information content (AvgIpc) is 2.36. The Labute approximate surface area is 103 Å². The smallest absolute Gasteiger partial charge is 0.277 e. The first-order chi connectivity index (χ1) is 8.49. The number of rotatable bonds is 4. The van der Waals surface area contributed by atoms with E-state index in [1.807, 2.05) is 0 Å². The highest BCUT2D eigenvalue weighted by Crippen LogP contribution is 2.13. The molecule has 1 aromatic rings. The maximum absolute atomic E-state index is 11.7. The number of benzene rings is 1. The number of carbonyl (C=O) groups excluding carboxylic acids is 2. The molecule has 0 aliphatic heterocycles. The molecule has 0 atom stereocenters. The zero-order valence-corrected chi connectivity index (χ0v) is 9.46. The summed E-state index contributed by atoms with van der Waals surface area (Å²) in [6.45, 7) is 3.32. The number of amides is 2. The van der Waals surface area contributed by atoms with Crippen molar-refractivity contribution >= 4 is 17.5 Å². The minimum Gasteiger partial charge on any atom is -0.399 e. The normalized spacial score (nSPS) is 9.67. The van der Waals surface area contributed by atoms with Gasteiger partial charge in [-0.05, 0) is 18.2 Å². The summed E-state index contributed by atoms with van der Waals surface area (Å²) in [6.07, 6.45) is 1.34. The van der Waals surface area contributed by atoms with Crippen LogP contribution in [0.1, 0.15) is 20.7 Å². The summed E-state index contributed by atoms with van der Waals surface area (Å²) in [5.74, 6) is -1.53. The van der Waals surface area contributed by atoms with E-state index in [0.29, 0.717) is 5.06 Å². The molecule has 7 heteroatoms. The van der Waals surface area contributed by atoms with Crippen molar-refractivity contribution in [3.05, 3.63) is 42.0 Å². The number of nitrogen functional groups attached to an aromatic ring is 1. The van der Waals surface area contributed by atoms with Crippen LogP contribution in [0.2, 0.25) is 0 Å². The second-order valence-electron chi connectivity index (χ2n) is 3.46. The molecule has 96 valence electrons. The Morgan fingerprint density at radius 1 is 1.39 bits per heavy atom. The van der Waals surface area contributed by atoms with Gasteiger partial charge in [-0.2, -0.15) is 0 Å². The number of hydrogen-bond donors (Lipinski definition) is 4. The lowest BCUT2D eigenvalue weighted by atomic mass is 10.1. The van der Waals surface area contributed by atoms with Crippen molar-refractivity contribution in [3.63, 3.8) is 0 Å². The molecule has 2 amide bonds. The van der Waals surface area contributed by atoms with Gasteiger partial charge in [0, 0.05) is 16.8 Å². The van der Waals surface area contributed by atoms with Gasteiger partial charge in [-0.1, -0.05) is 6.08 Å². The molecule has 1 aromatic carbocycles. The number of hydrogen-bond acceptors (Lipinski definition) is 5. The van der Waals surface area contributed by atoms with E-state index >= 15 is 0 Å². The summed E-state index contributed by atoms with van der Waals surface area (Å²) in [5.41, 5.74) is 7.15. The maximum Gasteiger partial charge on any atom is 0.277 e. The molecule has 0 aromatic heterocycles. The van der Waals surface area contributed by atoms with Gasteiger partial charge in [0.15, 0.2) is 0 Å². The molecule has 7 nitrogen and oxygen atoms in total. The van der Waals surface area contributed by atoms with Crippen LogP contribution in [-0.4, -0.2) is 33.8 Å². The molecule has 0 bridgehead atoms. The van der Waals surface area contributed by atoms with E-state index in [4.69, 9.17) is 10.9 Å². The van der Waals surface area contributed by atoms with Gasteiger partial charge in [0.2, 0.25) is 0 Å². The van der Waals surface area contributed by atoms with Crippen LogP contribution in [0.3, 0.4) is 0 Å². The second kappa shape index (κ2) is 5.80. The standard InChI is InChI=1S/C11H13N3O4/c1-2-3-14(18)11(16)8-4-7(10(15)13-17)5-9(12)6-8/h2,4-6,17-18H,1,3,12H2,(H,13,15). The van der Waals surface area contributed by atoms with Crippen LogP contribution in [0.15, 0.2) is 30.9 Å². The number of nitrogens with one attached hydrogen (secondary N) is 1. The predicted molar refractivity (Wildman–Crippen MR) is 63.1 cm³/mol. The molecule has 0 aliphatic carbocycles. The number of hydroxylamine groups is 3. The van der Waals surface area contributed by atoms with Crippen molar-refractivity contribution in [2.24, 2.45) is 0 Å². The molecule has 0 spiro atoms. The minimum atomic E-state index is -0.801. The van der Waals surface area contributed by atoms with Crippen LogP contribution in [0.25, 0.3) is 0 Å². The molecule has 0 saturated heterocycles. The monoisotopic (exact) mass is 251 g/mol. The zero-order chi connectivity index (χ0) is 13.7. The van der Waals surface area contributed by atoms with Gasteiger partial charge in [-0.3, -0.25) is 20.0 Å². The highest BCUT2D eigenvalue weighted by molar-refractivity contribution is 6.00. The average molecular weight is 251 g/mol. The number of nitrogens with two attached hydrogens (primary N) is 1. The van der Waals surface area contributed by atoms with E-state index in [1.165, 1.54) is 29.8 Å². The first-order valence-corrected chi connectivity index (χ1v) is 4.96. The Morgan fingerprint density at radius 3 is 2.56 bits per heavy atom. The predicted octanol–water partition coefficient (Wildman–Crippen LogP) is 0.405. The van der Waals surface area contributed by atoms with Gasteiger partial charge in [0.1, 0.15) is 0 Å². The molecule has 0 fully saturated rings. The van der Waals surface area contributed by atoms with Gasteiger partial charge in [0.05, 0.1) is 6.54 Å². The third-order valence-corrected chi connectivity index (χ3v) is 2.10. The van der Waals surface area contributed by atoms with Crippen LogP contribution < -0.4 is 11.2 Å². The molecular weight excluding hydrogens is 238 g/mol. The Morgan fingerprint density at radius 2 is 2.00 bits per heavy atom. The van der Waals surface area contributed by atoms with Crippen LogP contribution in [-0.2, 0) is 0 Å². The van der Waals surface area contributed by atoms with E-state index in [1.54, 1.807) is 0 Å². The highest BCUT2D eigenvalue weighted by atomic mass is 16.5. The molecule has 0 saturated carbocycles. The molecule has 1 rings (SSSR count). The highest BCUT2D eigenvalue weighted by Gasteiger charge is 2.15. The third-order valence-electron chi connectivity index (χ3n) is 2.10. The summed E-state index contributed by atoms with van der Waals surface area (Å²) in [5, 5.41) is 18.3. The minimum absolute atomic E-state index is 0.00727. The van der Waals surface area contributed by atoms with E-state index in [0.717, 1.165) is 0 Å². The SMILES string of the molecule is C=CCN(O)C(=O)c1cc(N)cc(C(=O)NO)c1. The summed E-state index contributed by atoms with van der Waals surface area (Å²) >= 11 is 0. The first kappa shape index (κ1) is 13.7. The van der Waals surface area contributed by atoms with Gasteiger partial charge < -0.3 is 5.73 Å². The van der Waals surface area contributed by atoms with Gasteiger partial charge in [-0.15, -0.1) is 6.58 Å². The summed E-state index contributed by atoms with van der Waals surface area (Å²) in [4.78, 5) is 22.9. The largest absolute Gasteiger partial charge is 0.399 e. The summed E-state index contributed by atoms with van der Waals surface area (Å²) in [6, 6.07) is 3.80. The van der Waals surface area contributed by atoms with E-state index in [-0.39, 0.29) is 23.4 Å². The van der Waals surface area contributed by atoms with Gasteiger partial charge in [-0.25, -0.2) is 10.5 Å². The van der Waals surface area contributed by atoms with Crippen LogP contribution in [0.4, 0.5) is 5.69 Å². The maximum atomic E-state index is 11.7. The molecule has 0 unspecified atom stereocenters. The molecule has 0 aliphatic rings. The zero-order valence-electron chi connectivity index (χ0n) is 9.46. The Kier molecular flexibility index (Phi) is 4.41. The number of nitrogens with zero attached hydrogens (tertiary/aromatic N) is 1. The van der Waals surface area contributed by atoms with Crippen LogP contribution >= 0.6 is 0 Å². The van der Waals surface area contributed by atoms with Crippen molar-refractivity contribution in [2.75, 3.05) is 12.3 Å². The van der Waals surface area contributed by atoms with E-state index < -0.39 is 11.8 Å². The van der Waals surface area contributed by atoms with Crippen molar-refractivity contribution < 1.29 is 20.0 Å². The Bertz CT molecular complexity index is 487. The molecule has 0 heterocycles. The first-order valence-electron chi connectivity index (χ1n) is 4.96. The van der Waals surface area contributed by atoms with Crippen molar-refractivity contribution in [1.29, 1.82) is 0 Å². The fourth-order valence-corrected chi connectivity index (χ4v) is 1.32. The van der Waals surface area contributed by atoms with Crippen LogP contribution in [0.5, 0.6) is 0 Å². The van der Waals surface area contributed by atoms with Crippen molar-refractivity contribution in [2.45, 2.75) is 0 Å².